The van der Waals surface area contributed by atoms with Crippen LogP contribution in [0.3, 0.4) is 0 Å². The van der Waals surface area contributed by atoms with Crippen molar-refractivity contribution in [3.05, 3.63) is 81.5 Å². The first-order chi connectivity index (χ1) is 16.6. The highest BCUT2D eigenvalue weighted by Crippen LogP contribution is 2.26. The van der Waals surface area contributed by atoms with Crippen molar-refractivity contribution in [1.29, 1.82) is 0 Å². The van der Waals surface area contributed by atoms with E-state index in [0.29, 0.717) is 12.5 Å². The molecule has 2 fully saturated rings. The predicted octanol–water partition coefficient (Wildman–Crippen LogP) is 2.46. The molecule has 2 aliphatic rings. The molecule has 0 bridgehead atoms. The molecule has 1 aromatic carbocycles. The number of para-hydroxylation sites is 1. The van der Waals surface area contributed by atoms with Crippen LogP contribution in [0.25, 0.3) is 0 Å². The molecule has 9 heteroatoms. The zero-order valence-corrected chi connectivity index (χ0v) is 20.0. The van der Waals surface area contributed by atoms with Crippen LogP contribution in [-0.2, 0) is 13.1 Å². The maximum Gasteiger partial charge on any atom is 0.252 e. The van der Waals surface area contributed by atoms with Gasteiger partial charge in [-0.3, -0.25) is 24.6 Å². The van der Waals surface area contributed by atoms with E-state index in [0.717, 1.165) is 75.3 Å². The van der Waals surface area contributed by atoms with Gasteiger partial charge in [0, 0.05) is 83.9 Å². The van der Waals surface area contributed by atoms with E-state index in [1.54, 1.807) is 6.07 Å². The van der Waals surface area contributed by atoms with E-state index in [4.69, 9.17) is 16.6 Å². The topological polar surface area (TPSA) is 71.6 Å². The number of hydrogen-bond acceptors (Lipinski definition) is 7. The van der Waals surface area contributed by atoms with Gasteiger partial charge in [0.05, 0.1) is 16.4 Å². The molecule has 0 amide bonds. The summed E-state index contributed by atoms with van der Waals surface area (Å²) >= 11 is 6.37. The molecule has 3 aromatic rings. The van der Waals surface area contributed by atoms with Crippen LogP contribution < -0.4 is 15.4 Å². The number of nitrogens with zero attached hydrogens (tertiary/aromatic N) is 6. The molecule has 0 unspecified atom stereocenters. The van der Waals surface area contributed by atoms with Crippen molar-refractivity contribution in [2.24, 2.45) is 0 Å². The lowest BCUT2D eigenvalue weighted by Gasteiger charge is -2.36. The Labute approximate surface area is 204 Å². The average molecular weight is 480 g/mol. The van der Waals surface area contributed by atoms with Gasteiger partial charge >= 0.3 is 0 Å². The molecule has 2 aromatic heterocycles. The fraction of sp³-hybridized carbons (Fsp3) is 0.400. The standard InChI is InChI=1S/C25H30ClN7O/c26-22-3-1-2-4-23(22)32-13-9-31(10-14-32)19-21-17-24(34)29-25(28-21)33-15-11-30(12-16-33)18-20-5-7-27-8-6-20/h1-8,17H,9-16,18-19H2,(H,28,29,34). The van der Waals surface area contributed by atoms with Crippen LogP contribution in [0.5, 0.6) is 0 Å². The fourth-order valence-electron chi connectivity index (χ4n) is 4.67. The Morgan fingerprint density at radius 2 is 1.47 bits per heavy atom. The first kappa shape index (κ1) is 22.8. The number of pyridine rings is 1. The van der Waals surface area contributed by atoms with Crippen LogP contribution >= 0.6 is 11.6 Å². The molecule has 178 valence electrons. The number of H-pyrrole nitrogens is 1. The number of piperazine rings is 2. The normalized spacial score (nSPS) is 17.8. The second-order valence-electron chi connectivity index (χ2n) is 8.89. The van der Waals surface area contributed by atoms with Crippen molar-refractivity contribution in [3.8, 4) is 0 Å². The molecular weight excluding hydrogens is 450 g/mol. The van der Waals surface area contributed by atoms with Crippen LogP contribution in [-0.4, -0.2) is 77.1 Å². The van der Waals surface area contributed by atoms with Crippen molar-refractivity contribution in [2.45, 2.75) is 13.1 Å². The average Bonchev–Trinajstić information content (AvgIpc) is 2.86. The van der Waals surface area contributed by atoms with Crippen molar-refractivity contribution in [3.63, 3.8) is 0 Å². The summed E-state index contributed by atoms with van der Waals surface area (Å²) in [6.07, 6.45) is 3.67. The largest absolute Gasteiger partial charge is 0.368 e. The smallest absolute Gasteiger partial charge is 0.252 e. The summed E-state index contributed by atoms with van der Waals surface area (Å²) in [5.41, 5.74) is 3.09. The molecule has 2 aliphatic heterocycles. The van der Waals surface area contributed by atoms with Gasteiger partial charge in [0.2, 0.25) is 5.95 Å². The Balaban J connectivity index is 1.16. The molecule has 2 saturated heterocycles. The number of anilines is 2. The minimum Gasteiger partial charge on any atom is -0.368 e. The maximum absolute atomic E-state index is 12.4. The quantitative estimate of drug-likeness (QED) is 0.582. The van der Waals surface area contributed by atoms with Gasteiger partial charge in [0.25, 0.3) is 5.56 Å². The molecule has 5 rings (SSSR count). The maximum atomic E-state index is 12.4. The lowest BCUT2D eigenvalue weighted by Crippen LogP contribution is -2.47. The molecule has 0 aliphatic carbocycles. The molecule has 0 spiro atoms. The zero-order valence-electron chi connectivity index (χ0n) is 19.2. The summed E-state index contributed by atoms with van der Waals surface area (Å²) in [6.45, 7) is 8.75. The Morgan fingerprint density at radius 1 is 0.824 bits per heavy atom. The SMILES string of the molecule is O=c1cc(CN2CCN(c3ccccc3Cl)CC2)nc(N2CCN(Cc3ccncc3)CC2)[nH]1. The summed E-state index contributed by atoms with van der Waals surface area (Å²) in [5.74, 6) is 0.681. The van der Waals surface area contributed by atoms with Crippen LogP contribution in [0.15, 0.2) is 59.7 Å². The molecule has 8 nitrogen and oxygen atoms in total. The predicted molar refractivity (Wildman–Crippen MR) is 136 cm³/mol. The van der Waals surface area contributed by atoms with Crippen LogP contribution in [0.1, 0.15) is 11.3 Å². The third-order valence-corrected chi connectivity index (χ3v) is 6.88. The summed E-state index contributed by atoms with van der Waals surface area (Å²) in [4.78, 5) is 33.5. The molecule has 1 N–H and O–H groups in total. The van der Waals surface area contributed by atoms with Crippen LogP contribution in [0.2, 0.25) is 5.02 Å². The van der Waals surface area contributed by atoms with E-state index in [1.807, 2.05) is 30.6 Å². The van der Waals surface area contributed by atoms with Crippen LogP contribution in [0, 0.1) is 0 Å². The van der Waals surface area contributed by atoms with E-state index < -0.39 is 0 Å². The highest BCUT2D eigenvalue weighted by atomic mass is 35.5. The molecule has 0 radical (unpaired) electrons. The van der Waals surface area contributed by atoms with Crippen molar-refractivity contribution >= 4 is 23.2 Å². The number of benzene rings is 1. The second kappa shape index (κ2) is 10.5. The van der Waals surface area contributed by atoms with Crippen molar-refractivity contribution in [1.82, 2.24) is 24.8 Å². The first-order valence-corrected chi connectivity index (χ1v) is 12.2. The summed E-state index contributed by atoms with van der Waals surface area (Å²) < 4.78 is 0. The van der Waals surface area contributed by atoms with Gasteiger partial charge in [-0.05, 0) is 29.8 Å². The van der Waals surface area contributed by atoms with Crippen molar-refractivity contribution < 1.29 is 0 Å². The summed E-state index contributed by atoms with van der Waals surface area (Å²) in [7, 11) is 0. The third-order valence-electron chi connectivity index (χ3n) is 6.56. The minimum atomic E-state index is -0.0890. The number of aromatic nitrogens is 3. The first-order valence-electron chi connectivity index (χ1n) is 11.8. The van der Waals surface area contributed by atoms with Gasteiger partial charge in [-0.2, -0.15) is 0 Å². The van der Waals surface area contributed by atoms with E-state index in [9.17, 15) is 4.79 Å². The van der Waals surface area contributed by atoms with E-state index >= 15 is 0 Å². The lowest BCUT2D eigenvalue weighted by atomic mass is 10.2. The molecule has 4 heterocycles. The number of hydrogen-bond donors (Lipinski definition) is 1. The Kier molecular flexibility index (Phi) is 7.08. The highest BCUT2D eigenvalue weighted by Gasteiger charge is 2.22. The van der Waals surface area contributed by atoms with Gasteiger partial charge < -0.3 is 9.80 Å². The van der Waals surface area contributed by atoms with E-state index in [1.165, 1.54) is 5.56 Å². The molecular formula is C25H30ClN7O. The zero-order chi connectivity index (χ0) is 23.3. The third kappa shape index (κ3) is 5.58. The lowest BCUT2D eigenvalue weighted by molar-refractivity contribution is 0.244. The van der Waals surface area contributed by atoms with E-state index in [2.05, 4.69) is 47.8 Å². The monoisotopic (exact) mass is 479 g/mol. The Morgan fingerprint density at radius 3 is 2.18 bits per heavy atom. The van der Waals surface area contributed by atoms with Gasteiger partial charge in [0.15, 0.2) is 0 Å². The molecule has 34 heavy (non-hydrogen) atoms. The van der Waals surface area contributed by atoms with Crippen molar-refractivity contribution in [2.75, 3.05) is 62.2 Å². The van der Waals surface area contributed by atoms with Crippen LogP contribution in [0.4, 0.5) is 11.6 Å². The number of aromatic amines is 1. The van der Waals surface area contributed by atoms with Gasteiger partial charge in [-0.1, -0.05) is 23.7 Å². The summed E-state index contributed by atoms with van der Waals surface area (Å²) in [5, 5.41) is 0.790. The fourth-order valence-corrected chi connectivity index (χ4v) is 4.93. The van der Waals surface area contributed by atoms with Gasteiger partial charge in [-0.15, -0.1) is 0 Å². The Hall–Kier alpha value is -2.94. The highest BCUT2D eigenvalue weighted by molar-refractivity contribution is 6.33. The Bertz CT molecular complexity index is 1140. The number of rotatable bonds is 6. The minimum absolute atomic E-state index is 0.0890. The van der Waals surface area contributed by atoms with E-state index in [-0.39, 0.29) is 5.56 Å². The van der Waals surface area contributed by atoms with Gasteiger partial charge in [-0.25, -0.2) is 4.98 Å². The second-order valence-corrected chi connectivity index (χ2v) is 9.30. The number of halogens is 1. The summed E-state index contributed by atoms with van der Waals surface area (Å²) in [6, 6.07) is 13.7. The molecule has 0 saturated carbocycles. The molecule has 0 atom stereocenters. The van der Waals surface area contributed by atoms with Gasteiger partial charge in [0.1, 0.15) is 0 Å². The number of nitrogens with one attached hydrogen (secondary N) is 1.